The first-order valence-corrected chi connectivity index (χ1v) is 10.3. The maximum atomic E-state index is 13.2. The molecule has 0 bridgehead atoms. The highest BCUT2D eigenvalue weighted by Gasteiger charge is 2.39. The number of hydrogen-bond acceptors (Lipinski definition) is 2. The molecule has 144 valence electrons. The normalized spacial score (nSPS) is 16.0. The van der Waals surface area contributed by atoms with Gasteiger partial charge in [-0.25, -0.2) is 4.79 Å². The van der Waals surface area contributed by atoms with Crippen molar-refractivity contribution in [2.75, 3.05) is 13.1 Å². The zero-order valence-corrected chi connectivity index (χ0v) is 16.3. The Bertz CT molecular complexity index is 1180. The smallest absolute Gasteiger partial charge is 0.339 e. The first-order chi connectivity index (χ1) is 14.2. The van der Waals surface area contributed by atoms with E-state index in [-0.39, 0.29) is 5.97 Å². The number of fused-ring (bicyclic) bond motifs is 2. The monoisotopic (exact) mass is 382 g/mol. The lowest BCUT2D eigenvalue weighted by Crippen LogP contribution is -2.87. The van der Waals surface area contributed by atoms with Crippen molar-refractivity contribution in [1.82, 2.24) is 0 Å². The number of hydrogen-bond donors (Lipinski definition) is 1. The molecule has 29 heavy (non-hydrogen) atoms. The Hall–Kier alpha value is -3.17. The van der Waals surface area contributed by atoms with Crippen LogP contribution >= 0.6 is 0 Å². The second kappa shape index (κ2) is 7.34. The van der Waals surface area contributed by atoms with Crippen LogP contribution in [0.3, 0.4) is 0 Å². The molecular weight excluding hydrogens is 358 g/mol. The fourth-order valence-corrected chi connectivity index (χ4v) is 4.43. The number of nitrogens with two attached hydrogens (primary N) is 1. The van der Waals surface area contributed by atoms with Crippen LogP contribution in [0.15, 0.2) is 84.9 Å². The van der Waals surface area contributed by atoms with Crippen molar-refractivity contribution in [1.29, 1.82) is 0 Å². The van der Waals surface area contributed by atoms with Gasteiger partial charge in [0.1, 0.15) is 5.60 Å². The standard InChI is InChI=1S/C26H23NO2/c28-25(29-26(12-14-27-15-13-26)24-8-2-1-3-9-24)22-11-10-21-16-19-6-4-5-7-20(19)17-23(21)18-22/h1-11,16-18,27H,12-15H2/p+1. The summed E-state index contributed by atoms with van der Waals surface area (Å²) in [5, 5.41) is 6.86. The fourth-order valence-electron chi connectivity index (χ4n) is 4.43. The summed E-state index contributed by atoms with van der Waals surface area (Å²) in [6, 6.07) is 28.6. The summed E-state index contributed by atoms with van der Waals surface area (Å²) < 4.78 is 6.23. The van der Waals surface area contributed by atoms with Gasteiger partial charge in [-0.1, -0.05) is 60.7 Å². The lowest BCUT2D eigenvalue weighted by Gasteiger charge is -2.36. The molecule has 0 saturated carbocycles. The molecular formula is C26H24NO2+. The molecule has 4 aromatic rings. The van der Waals surface area contributed by atoms with Crippen molar-refractivity contribution >= 4 is 27.5 Å². The van der Waals surface area contributed by atoms with E-state index in [9.17, 15) is 4.79 Å². The van der Waals surface area contributed by atoms with Crippen molar-refractivity contribution in [3.8, 4) is 0 Å². The van der Waals surface area contributed by atoms with Gasteiger partial charge in [-0.15, -0.1) is 0 Å². The minimum atomic E-state index is -0.536. The summed E-state index contributed by atoms with van der Waals surface area (Å²) >= 11 is 0. The number of carbonyl (C=O) groups excluding carboxylic acids is 1. The number of carbonyl (C=O) groups is 1. The van der Waals surface area contributed by atoms with Gasteiger partial charge in [0.25, 0.3) is 0 Å². The second-order valence-corrected chi connectivity index (χ2v) is 7.88. The lowest BCUT2D eigenvalue weighted by molar-refractivity contribution is -0.668. The molecule has 0 aromatic heterocycles. The number of ether oxygens (including phenoxy) is 1. The Kier molecular flexibility index (Phi) is 4.53. The molecule has 2 N–H and O–H groups in total. The predicted molar refractivity (Wildman–Crippen MR) is 116 cm³/mol. The van der Waals surface area contributed by atoms with Gasteiger partial charge < -0.3 is 10.1 Å². The van der Waals surface area contributed by atoms with Gasteiger partial charge in [0.15, 0.2) is 0 Å². The van der Waals surface area contributed by atoms with Crippen LogP contribution in [0.25, 0.3) is 21.5 Å². The Balaban J connectivity index is 1.50. The molecule has 3 nitrogen and oxygen atoms in total. The van der Waals surface area contributed by atoms with Crippen LogP contribution in [0.1, 0.15) is 28.8 Å². The summed E-state index contributed by atoms with van der Waals surface area (Å²) in [5.41, 5.74) is 1.16. The van der Waals surface area contributed by atoms with E-state index in [1.807, 2.05) is 48.5 Å². The van der Waals surface area contributed by atoms with Crippen LogP contribution in [0.4, 0.5) is 0 Å². The number of rotatable bonds is 3. The summed E-state index contributed by atoms with van der Waals surface area (Å²) in [5.74, 6) is -0.245. The molecule has 1 saturated heterocycles. The van der Waals surface area contributed by atoms with E-state index in [1.165, 1.54) is 10.8 Å². The third-order valence-corrected chi connectivity index (χ3v) is 6.03. The molecule has 3 heteroatoms. The van der Waals surface area contributed by atoms with Gasteiger partial charge in [0, 0.05) is 12.8 Å². The van der Waals surface area contributed by atoms with Gasteiger partial charge >= 0.3 is 5.97 Å². The number of quaternary nitrogens is 1. The van der Waals surface area contributed by atoms with E-state index in [2.05, 4.69) is 41.7 Å². The van der Waals surface area contributed by atoms with Crippen LogP contribution in [0, 0.1) is 0 Å². The van der Waals surface area contributed by atoms with E-state index < -0.39 is 5.60 Å². The van der Waals surface area contributed by atoms with Crippen LogP contribution < -0.4 is 5.32 Å². The zero-order chi connectivity index (χ0) is 19.7. The first-order valence-electron chi connectivity index (χ1n) is 10.3. The van der Waals surface area contributed by atoms with E-state index >= 15 is 0 Å². The van der Waals surface area contributed by atoms with Crippen molar-refractivity contribution < 1.29 is 14.8 Å². The summed E-state index contributed by atoms with van der Waals surface area (Å²) in [7, 11) is 0. The van der Waals surface area contributed by atoms with Gasteiger partial charge in [-0.2, -0.15) is 0 Å². The molecule has 0 amide bonds. The van der Waals surface area contributed by atoms with Gasteiger partial charge in [0.2, 0.25) is 0 Å². The van der Waals surface area contributed by atoms with Crippen molar-refractivity contribution in [2.24, 2.45) is 0 Å². The first kappa shape index (κ1) is 17.9. The molecule has 4 aromatic carbocycles. The Morgan fingerprint density at radius 3 is 2.07 bits per heavy atom. The molecule has 1 heterocycles. The van der Waals surface area contributed by atoms with Crippen molar-refractivity contribution in [3.05, 3.63) is 96.1 Å². The minimum Gasteiger partial charge on any atom is -0.450 e. The summed E-state index contributed by atoms with van der Waals surface area (Å²) in [4.78, 5) is 13.2. The topological polar surface area (TPSA) is 42.9 Å². The van der Waals surface area contributed by atoms with E-state index in [1.54, 1.807) is 0 Å². The summed E-state index contributed by atoms with van der Waals surface area (Å²) in [6.07, 6.45) is 1.67. The molecule has 0 spiro atoms. The predicted octanol–water partition coefficient (Wildman–Crippen LogP) is 4.40. The molecule has 0 atom stereocenters. The molecule has 0 unspecified atom stereocenters. The maximum Gasteiger partial charge on any atom is 0.339 e. The number of benzene rings is 4. The quantitative estimate of drug-likeness (QED) is 0.421. The highest BCUT2D eigenvalue weighted by molar-refractivity contribution is 6.01. The van der Waals surface area contributed by atoms with Crippen LogP contribution in [0.5, 0.6) is 0 Å². The van der Waals surface area contributed by atoms with Gasteiger partial charge in [-0.05, 0) is 51.4 Å². The molecule has 1 fully saturated rings. The van der Waals surface area contributed by atoms with E-state index in [0.717, 1.165) is 42.3 Å². The lowest BCUT2D eigenvalue weighted by atomic mass is 9.84. The van der Waals surface area contributed by atoms with E-state index in [4.69, 9.17) is 4.74 Å². The summed E-state index contributed by atoms with van der Waals surface area (Å²) in [6.45, 7) is 1.93. The molecule has 5 rings (SSSR count). The molecule has 1 aliphatic rings. The van der Waals surface area contributed by atoms with Crippen LogP contribution in [-0.2, 0) is 10.3 Å². The van der Waals surface area contributed by atoms with Crippen LogP contribution in [0.2, 0.25) is 0 Å². The van der Waals surface area contributed by atoms with Gasteiger partial charge in [0.05, 0.1) is 18.7 Å². The molecule has 1 aliphatic heterocycles. The SMILES string of the molecule is O=C(OC1(c2ccccc2)CC[NH2+]CC1)c1ccc2cc3ccccc3cc2c1. The third kappa shape index (κ3) is 3.39. The Labute approximate surface area is 170 Å². The zero-order valence-electron chi connectivity index (χ0n) is 16.3. The van der Waals surface area contributed by atoms with E-state index in [0.29, 0.717) is 5.56 Å². The fraction of sp³-hybridized carbons (Fsp3) is 0.192. The van der Waals surface area contributed by atoms with Gasteiger partial charge in [-0.3, -0.25) is 0 Å². The number of esters is 1. The largest absolute Gasteiger partial charge is 0.450 e. The highest BCUT2D eigenvalue weighted by Crippen LogP contribution is 2.35. The highest BCUT2D eigenvalue weighted by atomic mass is 16.6. The van der Waals surface area contributed by atoms with Crippen molar-refractivity contribution in [3.63, 3.8) is 0 Å². The number of piperidine rings is 1. The Morgan fingerprint density at radius 1 is 0.724 bits per heavy atom. The Morgan fingerprint density at radius 2 is 1.34 bits per heavy atom. The molecule has 0 radical (unpaired) electrons. The third-order valence-electron chi connectivity index (χ3n) is 6.03. The minimum absolute atomic E-state index is 0.245. The van der Waals surface area contributed by atoms with Crippen molar-refractivity contribution in [2.45, 2.75) is 18.4 Å². The maximum absolute atomic E-state index is 13.2. The average Bonchev–Trinajstić information content (AvgIpc) is 2.78. The second-order valence-electron chi connectivity index (χ2n) is 7.88. The molecule has 0 aliphatic carbocycles. The average molecular weight is 382 g/mol. The van der Waals surface area contributed by atoms with Crippen LogP contribution in [-0.4, -0.2) is 19.1 Å².